The molecular formula is C22H24N4O4. The monoisotopic (exact) mass is 408 g/mol. The van der Waals surface area contributed by atoms with Crippen molar-refractivity contribution < 1.29 is 14.3 Å². The van der Waals surface area contributed by atoms with Gasteiger partial charge in [0.2, 0.25) is 5.91 Å². The fourth-order valence-corrected chi connectivity index (χ4v) is 3.01. The van der Waals surface area contributed by atoms with Gasteiger partial charge in [-0.15, -0.1) is 0 Å². The Kier molecular flexibility index (Phi) is 5.78. The second kappa shape index (κ2) is 8.14. The molecule has 0 radical (unpaired) electrons. The molecule has 8 heteroatoms. The highest BCUT2D eigenvalue weighted by Gasteiger charge is 2.34. The van der Waals surface area contributed by atoms with Crippen LogP contribution in [0.1, 0.15) is 19.4 Å². The molecule has 0 aliphatic carbocycles. The Bertz CT molecular complexity index is 1170. The summed E-state index contributed by atoms with van der Waals surface area (Å²) >= 11 is 0. The van der Waals surface area contributed by atoms with Crippen molar-refractivity contribution in [3.8, 4) is 17.2 Å². The predicted molar refractivity (Wildman–Crippen MR) is 112 cm³/mol. The number of hydrogen-bond acceptors (Lipinski definition) is 6. The lowest BCUT2D eigenvalue weighted by Crippen LogP contribution is -2.60. The maximum Gasteiger partial charge on any atom is 0.419 e. The van der Waals surface area contributed by atoms with Crippen molar-refractivity contribution in [3.05, 3.63) is 58.6 Å². The first-order chi connectivity index (χ1) is 14.1. The van der Waals surface area contributed by atoms with Crippen LogP contribution in [-0.4, -0.2) is 33.3 Å². The van der Waals surface area contributed by atoms with Crippen molar-refractivity contribution >= 4 is 17.0 Å². The topological polar surface area (TPSA) is 134 Å². The number of hydrogen-bond donors (Lipinski definition) is 3. The number of fused-ring (bicyclic) bond motifs is 1. The van der Waals surface area contributed by atoms with Gasteiger partial charge in [0.15, 0.2) is 5.58 Å². The van der Waals surface area contributed by atoms with Crippen molar-refractivity contribution in [3.63, 3.8) is 0 Å². The molecule has 0 unspecified atom stereocenters. The Balaban J connectivity index is 1.75. The van der Waals surface area contributed by atoms with Gasteiger partial charge >= 0.3 is 5.76 Å². The maximum absolute atomic E-state index is 12.3. The molecule has 2 aromatic carbocycles. The highest BCUT2D eigenvalue weighted by Crippen LogP contribution is 2.24. The zero-order valence-electron chi connectivity index (χ0n) is 17.0. The molecule has 1 heterocycles. The minimum Gasteiger partial charge on any atom is -0.408 e. The van der Waals surface area contributed by atoms with Crippen molar-refractivity contribution in [2.24, 2.45) is 12.8 Å². The first kappa shape index (κ1) is 21.3. The van der Waals surface area contributed by atoms with E-state index in [1.807, 2.05) is 36.4 Å². The summed E-state index contributed by atoms with van der Waals surface area (Å²) in [4.78, 5) is 23.9. The summed E-state index contributed by atoms with van der Waals surface area (Å²) in [5, 5.41) is 21.6. The van der Waals surface area contributed by atoms with Crippen molar-refractivity contribution in [1.82, 2.24) is 9.88 Å². The number of amides is 1. The summed E-state index contributed by atoms with van der Waals surface area (Å²) in [5.74, 6) is -0.994. The smallest absolute Gasteiger partial charge is 0.408 e. The van der Waals surface area contributed by atoms with Gasteiger partial charge in [0.05, 0.1) is 17.7 Å². The summed E-state index contributed by atoms with van der Waals surface area (Å²) in [6, 6.07) is 14.4. The Morgan fingerprint density at radius 1 is 1.30 bits per heavy atom. The van der Waals surface area contributed by atoms with Gasteiger partial charge in [-0.05, 0) is 42.7 Å². The Morgan fingerprint density at radius 2 is 1.93 bits per heavy atom. The molecule has 3 rings (SSSR count). The molecule has 0 aliphatic heterocycles. The van der Waals surface area contributed by atoms with Crippen LogP contribution in [0, 0.1) is 11.3 Å². The van der Waals surface area contributed by atoms with Crippen molar-refractivity contribution in [2.45, 2.75) is 38.0 Å². The standard InChI is InChI=1S/C22H24N4O4/c1-13(27)22(2,24)20(28)25-17(12-23)10-14-4-6-15(7-5-14)16-8-9-19-18(11-16)26(3)21(29)30-19/h4-9,11,13,17,27H,10,24H2,1-3H3,(H,25,28)/t13-,17-,22-/m0/s1. The van der Waals surface area contributed by atoms with Gasteiger partial charge in [-0.3, -0.25) is 9.36 Å². The highest BCUT2D eigenvalue weighted by atomic mass is 16.4. The molecule has 156 valence electrons. The van der Waals surface area contributed by atoms with Crippen LogP contribution in [0.2, 0.25) is 0 Å². The second-order valence-electron chi connectivity index (χ2n) is 7.62. The van der Waals surface area contributed by atoms with E-state index in [2.05, 4.69) is 11.4 Å². The predicted octanol–water partition coefficient (Wildman–Crippen LogP) is 1.45. The normalized spacial score (nSPS) is 15.2. The number of aromatic nitrogens is 1. The number of benzene rings is 2. The van der Waals surface area contributed by atoms with Gasteiger partial charge in [0.1, 0.15) is 11.6 Å². The number of nitrogens with one attached hydrogen (secondary N) is 1. The van der Waals surface area contributed by atoms with Crippen LogP contribution in [0.3, 0.4) is 0 Å². The van der Waals surface area contributed by atoms with Crippen LogP contribution in [0.4, 0.5) is 0 Å². The van der Waals surface area contributed by atoms with Crippen LogP contribution >= 0.6 is 0 Å². The van der Waals surface area contributed by atoms with Gasteiger partial charge in [-0.25, -0.2) is 4.79 Å². The Hall–Kier alpha value is -3.41. The zero-order valence-corrected chi connectivity index (χ0v) is 17.0. The molecule has 0 spiro atoms. The third-order valence-corrected chi connectivity index (χ3v) is 5.34. The van der Waals surface area contributed by atoms with Crippen LogP contribution in [0.15, 0.2) is 51.7 Å². The largest absolute Gasteiger partial charge is 0.419 e. The Labute approximate surface area is 173 Å². The van der Waals surface area contributed by atoms with E-state index < -0.39 is 29.3 Å². The lowest BCUT2D eigenvalue weighted by atomic mass is 9.95. The van der Waals surface area contributed by atoms with Gasteiger partial charge in [-0.1, -0.05) is 30.3 Å². The van der Waals surface area contributed by atoms with E-state index in [1.165, 1.54) is 18.4 Å². The highest BCUT2D eigenvalue weighted by molar-refractivity contribution is 5.86. The first-order valence-corrected chi connectivity index (χ1v) is 9.50. The quantitative estimate of drug-likeness (QED) is 0.565. The summed E-state index contributed by atoms with van der Waals surface area (Å²) in [6.07, 6.45) is -0.753. The molecule has 30 heavy (non-hydrogen) atoms. The molecule has 0 fully saturated rings. The Morgan fingerprint density at radius 3 is 2.53 bits per heavy atom. The molecule has 0 saturated heterocycles. The van der Waals surface area contributed by atoms with Gasteiger partial charge in [0, 0.05) is 13.5 Å². The summed E-state index contributed by atoms with van der Waals surface area (Å²) < 4.78 is 6.60. The van der Waals surface area contributed by atoms with E-state index in [4.69, 9.17) is 10.2 Å². The summed E-state index contributed by atoms with van der Waals surface area (Å²) in [5.41, 5.74) is 8.31. The average Bonchev–Trinajstić information content (AvgIpc) is 3.01. The molecule has 8 nitrogen and oxygen atoms in total. The van der Waals surface area contributed by atoms with Gasteiger partial charge in [0.25, 0.3) is 0 Å². The number of carbonyl (C=O) groups excluding carboxylic acids is 1. The second-order valence-corrected chi connectivity index (χ2v) is 7.62. The molecular weight excluding hydrogens is 384 g/mol. The summed E-state index contributed by atoms with van der Waals surface area (Å²) in [6.45, 7) is 2.85. The zero-order chi connectivity index (χ0) is 22.1. The van der Waals surface area contributed by atoms with E-state index in [0.717, 1.165) is 16.7 Å². The number of oxazole rings is 1. The number of aryl methyl sites for hydroxylation is 1. The van der Waals surface area contributed by atoms with E-state index in [-0.39, 0.29) is 0 Å². The van der Waals surface area contributed by atoms with Crippen LogP contribution in [0.25, 0.3) is 22.2 Å². The number of nitriles is 1. The molecule has 0 aliphatic rings. The lowest BCUT2D eigenvalue weighted by molar-refractivity contribution is -0.129. The van der Waals surface area contributed by atoms with E-state index in [9.17, 15) is 20.0 Å². The van der Waals surface area contributed by atoms with Crippen molar-refractivity contribution in [2.75, 3.05) is 0 Å². The number of rotatable bonds is 6. The molecule has 1 aromatic heterocycles. The van der Waals surface area contributed by atoms with Gasteiger partial charge < -0.3 is 20.6 Å². The van der Waals surface area contributed by atoms with Crippen LogP contribution < -0.4 is 16.8 Å². The number of aliphatic hydroxyl groups excluding tert-OH is 1. The van der Waals surface area contributed by atoms with Gasteiger partial charge in [-0.2, -0.15) is 5.26 Å². The fourth-order valence-electron chi connectivity index (χ4n) is 3.01. The van der Waals surface area contributed by atoms with E-state index >= 15 is 0 Å². The first-order valence-electron chi connectivity index (χ1n) is 9.50. The molecule has 4 N–H and O–H groups in total. The number of nitrogens with zero attached hydrogens (tertiary/aromatic N) is 2. The van der Waals surface area contributed by atoms with Crippen molar-refractivity contribution in [1.29, 1.82) is 5.26 Å². The molecule has 3 atom stereocenters. The number of aliphatic hydroxyl groups is 1. The number of carbonyl (C=O) groups is 1. The maximum atomic E-state index is 12.3. The minimum atomic E-state index is -1.48. The van der Waals surface area contributed by atoms with Crippen LogP contribution in [-0.2, 0) is 18.3 Å². The van der Waals surface area contributed by atoms with E-state index in [0.29, 0.717) is 17.5 Å². The lowest BCUT2D eigenvalue weighted by Gasteiger charge is -2.27. The number of nitrogens with two attached hydrogens (primary N) is 1. The molecule has 0 bridgehead atoms. The third-order valence-electron chi connectivity index (χ3n) is 5.34. The molecule has 1 amide bonds. The third kappa shape index (κ3) is 4.13. The molecule has 0 saturated carbocycles. The summed E-state index contributed by atoms with van der Waals surface area (Å²) in [7, 11) is 1.65. The van der Waals surface area contributed by atoms with Crippen LogP contribution in [0.5, 0.6) is 0 Å². The fraction of sp³-hybridized carbons (Fsp3) is 0.318. The minimum absolute atomic E-state index is 0.299. The SMILES string of the molecule is C[C@H](O)[C@](C)(N)C(=O)N[C@H](C#N)Cc1ccc(-c2ccc3oc(=O)n(C)c3c2)cc1. The van der Waals surface area contributed by atoms with E-state index in [1.54, 1.807) is 13.1 Å². The average molecular weight is 408 g/mol. The molecule has 3 aromatic rings.